The number of piperazine rings is 1. The zero-order chi connectivity index (χ0) is 25.5. The highest BCUT2D eigenvalue weighted by molar-refractivity contribution is 5.92. The molecule has 4 amide bonds. The lowest BCUT2D eigenvalue weighted by Crippen LogP contribution is -2.74. The summed E-state index contributed by atoms with van der Waals surface area (Å²) in [5.41, 5.74) is 1.48. The molecule has 0 spiro atoms. The number of amides is 4. The molecule has 9 nitrogen and oxygen atoms in total. The molecule has 36 heavy (non-hydrogen) atoms. The molecule has 2 aliphatic rings. The van der Waals surface area contributed by atoms with Crippen molar-refractivity contribution in [1.29, 1.82) is 0 Å². The number of terminal acetylenes is 1. The van der Waals surface area contributed by atoms with Crippen molar-refractivity contribution < 1.29 is 23.5 Å². The molecule has 0 unspecified atom stereocenters. The molecule has 0 aromatic heterocycles. The van der Waals surface area contributed by atoms with Crippen molar-refractivity contribution in [3.63, 3.8) is 0 Å². The maximum absolute atomic E-state index is 14.1. The number of hydrogen-bond acceptors (Lipinski definition) is 5. The Morgan fingerprint density at radius 1 is 1.11 bits per heavy atom. The fourth-order valence-electron chi connectivity index (χ4n) is 4.51. The lowest BCUT2D eigenvalue weighted by molar-refractivity contribution is -0.196. The van der Waals surface area contributed by atoms with Crippen molar-refractivity contribution in [2.24, 2.45) is 0 Å². The van der Waals surface area contributed by atoms with Crippen LogP contribution in [0.3, 0.4) is 0 Å². The molecule has 0 radical (unpaired) electrons. The van der Waals surface area contributed by atoms with Gasteiger partial charge in [0.1, 0.15) is 25.4 Å². The van der Waals surface area contributed by atoms with Crippen molar-refractivity contribution in [2.75, 3.05) is 39.6 Å². The van der Waals surface area contributed by atoms with Crippen LogP contribution in [0, 0.1) is 12.3 Å². The molecule has 188 valence electrons. The summed E-state index contributed by atoms with van der Waals surface area (Å²) in [5.74, 6) is 1.64. The molecule has 1 N–H and O–H groups in total. The largest absolute Gasteiger partial charge is 0.367 e. The Bertz CT molecular complexity index is 1110. The van der Waals surface area contributed by atoms with Crippen molar-refractivity contribution in [2.45, 2.75) is 18.8 Å². The SMILES string of the molecule is C#CCOCCN1C[C@H]2N(C(=O)CN(CF)N2C(=O)NCc2ccccc2)[C@@H](c2ccccc2)C1=O. The van der Waals surface area contributed by atoms with Gasteiger partial charge in [-0.2, -0.15) is 5.01 Å². The Labute approximate surface area is 209 Å². The highest BCUT2D eigenvalue weighted by atomic mass is 19.1. The normalized spacial score (nSPS) is 20.2. The molecule has 0 saturated carbocycles. The quantitative estimate of drug-likeness (QED) is 0.344. The van der Waals surface area contributed by atoms with Gasteiger partial charge in [-0.05, 0) is 11.1 Å². The lowest BCUT2D eigenvalue weighted by atomic mass is 9.99. The van der Waals surface area contributed by atoms with Crippen LogP contribution in [0.1, 0.15) is 17.2 Å². The molecule has 2 aliphatic heterocycles. The standard InChI is InChI=1S/C26H28FN5O4/c1-2-14-36-15-13-29-17-22-31(24(25(29)34)21-11-7-4-8-12-21)23(33)18-30(19-27)32(22)26(35)28-16-20-9-5-3-6-10-20/h1,3-12,22,24H,13-19H2,(H,28,35)/t22-,24-/m0/s1. The van der Waals surface area contributed by atoms with Gasteiger partial charge in [0.05, 0.1) is 13.2 Å². The van der Waals surface area contributed by atoms with Crippen LogP contribution in [0.25, 0.3) is 0 Å². The number of halogens is 1. The molecule has 2 fully saturated rings. The van der Waals surface area contributed by atoms with Crippen molar-refractivity contribution >= 4 is 17.8 Å². The maximum Gasteiger partial charge on any atom is 0.334 e. The summed E-state index contributed by atoms with van der Waals surface area (Å²) in [6.07, 6.45) is 4.33. The third-order valence-corrected chi connectivity index (χ3v) is 6.16. The Kier molecular flexibility index (Phi) is 8.15. The number of carbonyl (C=O) groups excluding carboxylic acids is 3. The third kappa shape index (κ3) is 5.32. The van der Waals surface area contributed by atoms with Gasteiger partial charge in [-0.1, -0.05) is 66.6 Å². The van der Waals surface area contributed by atoms with Gasteiger partial charge in [-0.3, -0.25) is 9.59 Å². The minimum absolute atomic E-state index is 0.00256. The van der Waals surface area contributed by atoms with Gasteiger partial charge in [0.2, 0.25) is 11.8 Å². The van der Waals surface area contributed by atoms with E-state index in [0.29, 0.717) is 5.56 Å². The second-order valence-electron chi connectivity index (χ2n) is 8.41. The van der Waals surface area contributed by atoms with Gasteiger partial charge < -0.3 is 19.9 Å². The molecule has 0 aliphatic carbocycles. The van der Waals surface area contributed by atoms with Crippen LogP contribution in [0.15, 0.2) is 60.7 Å². The minimum atomic E-state index is -1.04. The average molecular weight is 494 g/mol. The summed E-state index contributed by atoms with van der Waals surface area (Å²) >= 11 is 0. The first-order valence-corrected chi connectivity index (χ1v) is 11.6. The van der Waals surface area contributed by atoms with Crippen LogP contribution >= 0.6 is 0 Å². The smallest absolute Gasteiger partial charge is 0.334 e. The van der Waals surface area contributed by atoms with Crippen LogP contribution in [0.2, 0.25) is 0 Å². The monoisotopic (exact) mass is 493 g/mol. The lowest BCUT2D eigenvalue weighted by Gasteiger charge is -2.54. The number of nitrogens with one attached hydrogen (secondary N) is 1. The van der Waals surface area contributed by atoms with Crippen LogP contribution in [0.5, 0.6) is 0 Å². The minimum Gasteiger partial charge on any atom is -0.367 e. The van der Waals surface area contributed by atoms with Gasteiger partial charge in [-0.25, -0.2) is 14.2 Å². The summed E-state index contributed by atoms with van der Waals surface area (Å²) in [4.78, 5) is 43.1. The van der Waals surface area contributed by atoms with Crippen molar-refractivity contribution in [3.05, 3.63) is 71.8 Å². The Balaban J connectivity index is 1.64. The first-order chi connectivity index (χ1) is 17.5. The van der Waals surface area contributed by atoms with E-state index in [4.69, 9.17) is 11.2 Å². The molecule has 10 heteroatoms. The van der Waals surface area contributed by atoms with E-state index in [0.717, 1.165) is 10.6 Å². The maximum atomic E-state index is 14.1. The van der Waals surface area contributed by atoms with E-state index in [-0.39, 0.29) is 45.3 Å². The second-order valence-corrected chi connectivity index (χ2v) is 8.41. The Morgan fingerprint density at radius 2 is 1.81 bits per heavy atom. The first kappa shape index (κ1) is 25.2. The van der Waals surface area contributed by atoms with Gasteiger partial charge in [0, 0.05) is 13.1 Å². The number of carbonyl (C=O) groups is 3. The van der Waals surface area contributed by atoms with Crippen LogP contribution < -0.4 is 5.32 Å². The predicted octanol–water partition coefficient (Wildman–Crippen LogP) is 1.74. The molecule has 2 aromatic carbocycles. The molecule has 2 aromatic rings. The fourth-order valence-corrected chi connectivity index (χ4v) is 4.51. The van der Waals surface area contributed by atoms with E-state index in [1.165, 1.54) is 14.8 Å². The van der Waals surface area contributed by atoms with Crippen LogP contribution in [-0.4, -0.2) is 83.5 Å². The molecule has 4 rings (SSSR count). The van der Waals surface area contributed by atoms with E-state index in [1.54, 1.807) is 24.3 Å². The number of fused-ring (bicyclic) bond motifs is 1. The molecule has 2 heterocycles. The number of alkyl halides is 1. The van der Waals surface area contributed by atoms with E-state index in [9.17, 15) is 18.8 Å². The molecule has 0 bridgehead atoms. The molecule has 2 atom stereocenters. The zero-order valence-electron chi connectivity index (χ0n) is 19.8. The van der Waals surface area contributed by atoms with Gasteiger partial charge in [-0.15, -0.1) is 6.42 Å². The summed E-state index contributed by atoms with van der Waals surface area (Å²) in [5, 5.41) is 5.09. The summed E-state index contributed by atoms with van der Waals surface area (Å²) in [7, 11) is 0. The van der Waals surface area contributed by atoms with Crippen LogP contribution in [0.4, 0.5) is 9.18 Å². The second kappa shape index (κ2) is 11.7. The van der Waals surface area contributed by atoms with E-state index < -0.39 is 30.9 Å². The number of ether oxygens (including phenoxy) is 1. The zero-order valence-corrected chi connectivity index (χ0v) is 19.8. The number of rotatable bonds is 8. The molecular formula is C26H28FN5O4. The summed E-state index contributed by atoms with van der Waals surface area (Å²) in [6.45, 7) is -0.688. The van der Waals surface area contributed by atoms with Crippen LogP contribution in [-0.2, 0) is 20.9 Å². The number of nitrogens with zero attached hydrogens (tertiary/aromatic N) is 4. The van der Waals surface area contributed by atoms with Crippen molar-refractivity contribution in [1.82, 2.24) is 25.1 Å². The van der Waals surface area contributed by atoms with E-state index in [2.05, 4.69) is 11.2 Å². The summed E-state index contributed by atoms with van der Waals surface area (Å²) < 4.78 is 19.4. The number of hydrogen-bond donors (Lipinski definition) is 1. The van der Waals surface area contributed by atoms with Gasteiger partial charge in [0.25, 0.3) is 0 Å². The average Bonchev–Trinajstić information content (AvgIpc) is 2.91. The number of hydrazine groups is 1. The van der Waals surface area contributed by atoms with Gasteiger partial charge in [0.15, 0.2) is 6.80 Å². The van der Waals surface area contributed by atoms with Crippen molar-refractivity contribution in [3.8, 4) is 12.3 Å². The Morgan fingerprint density at radius 3 is 2.47 bits per heavy atom. The molecular weight excluding hydrogens is 465 g/mol. The first-order valence-electron chi connectivity index (χ1n) is 11.6. The molecule has 2 saturated heterocycles. The number of urea groups is 1. The topological polar surface area (TPSA) is 85.4 Å². The highest BCUT2D eigenvalue weighted by Crippen LogP contribution is 2.34. The van der Waals surface area contributed by atoms with E-state index >= 15 is 0 Å². The highest BCUT2D eigenvalue weighted by Gasteiger charge is 2.51. The third-order valence-electron chi connectivity index (χ3n) is 6.16. The van der Waals surface area contributed by atoms with E-state index in [1.807, 2.05) is 36.4 Å². The number of benzene rings is 2. The Hall–Kier alpha value is -3.94. The predicted molar refractivity (Wildman–Crippen MR) is 129 cm³/mol. The fraction of sp³-hybridized carbons (Fsp3) is 0.346. The summed E-state index contributed by atoms with van der Waals surface area (Å²) in [6, 6.07) is 16.7. The van der Waals surface area contributed by atoms with Gasteiger partial charge >= 0.3 is 6.03 Å².